The number of carbonyl (C=O) groups excluding carboxylic acids is 1. The van der Waals surface area contributed by atoms with Crippen molar-refractivity contribution in [3.05, 3.63) is 0 Å². The molecule has 1 aliphatic heterocycles. The second kappa shape index (κ2) is 8.03. The quantitative estimate of drug-likeness (QED) is 0.618. The Kier molecular flexibility index (Phi) is 6.99. The molecule has 0 bridgehead atoms. The molecule has 0 aromatic rings. The molecule has 0 radical (unpaired) electrons. The summed E-state index contributed by atoms with van der Waals surface area (Å²) in [6.07, 6.45) is 0.566. The molecular formula is C14H28N4O2S. The second-order valence-electron chi connectivity index (χ2n) is 6.40. The predicted molar refractivity (Wildman–Crippen MR) is 88.2 cm³/mol. The Hall–Kier alpha value is -0.760. The Morgan fingerprint density at radius 1 is 1.29 bits per heavy atom. The fourth-order valence-corrected chi connectivity index (χ4v) is 2.46. The number of β-amino-alcohol motifs (C(OH)–C–C–N with tert-alkyl or cyclic N) is 1. The fourth-order valence-electron chi connectivity index (χ4n) is 2.37. The van der Waals surface area contributed by atoms with E-state index in [1.54, 1.807) is 11.9 Å². The zero-order chi connectivity index (χ0) is 16.0. The third kappa shape index (κ3) is 7.71. The van der Waals surface area contributed by atoms with E-state index in [0.717, 1.165) is 26.2 Å². The summed E-state index contributed by atoms with van der Waals surface area (Å²) >= 11 is 4.82. The highest BCUT2D eigenvalue weighted by Gasteiger charge is 2.24. The lowest BCUT2D eigenvalue weighted by molar-refractivity contribution is -0.131. The zero-order valence-electron chi connectivity index (χ0n) is 13.3. The van der Waals surface area contributed by atoms with Crippen molar-refractivity contribution < 1.29 is 9.90 Å². The van der Waals surface area contributed by atoms with Crippen LogP contribution in [0.5, 0.6) is 0 Å². The van der Waals surface area contributed by atoms with Crippen LogP contribution in [0, 0.1) is 0 Å². The molecule has 122 valence electrons. The zero-order valence-corrected chi connectivity index (χ0v) is 14.2. The molecule has 0 unspecified atom stereocenters. The van der Waals surface area contributed by atoms with Gasteiger partial charge in [-0.25, -0.2) is 0 Å². The van der Waals surface area contributed by atoms with Gasteiger partial charge in [-0.3, -0.25) is 14.6 Å². The maximum Gasteiger partial charge on any atom is 0.236 e. The van der Waals surface area contributed by atoms with E-state index in [1.165, 1.54) is 0 Å². The van der Waals surface area contributed by atoms with Crippen molar-refractivity contribution in [3.63, 3.8) is 0 Å². The number of carbonyl (C=O) groups is 1. The summed E-state index contributed by atoms with van der Waals surface area (Å²) in [5, 5.41) is 9.82. The molecule has 0 aliphatic carbocycles. The number of piperazine rings is 1. The van der Waals surface area contributed by atoms with Crippen LogP contribution in [-0.4, -0.2) is 89.2 Å². The smallest absolute Gasteiger partial charge is 0.236 e. The number of likely N-dealkylation sites (N-methyl/N-ethyl adjacent to an activating group) is 1. The highest BCUT2D eigenvalue weighted by Crippen LogP contribution is 2.08. The van der Waals surface area contributed by atoms with Crippen LogP contribution >= 0.6 is 12.2 Å². The number of aliphatic hydroxyl groups is 1. The maximum atomic E-state index is 12.1. The van der Waals surface area contributed by atoms with Gasteiger partial charge in [-0.2, -0.15) is 0 Å². The Morgan fingerprint density at radius 3 is 2.29 bits per heavy atom. The summed E-state index contributed by atoms with van der Waals surface area (Å²) < 4.78 is 0. The van der Waals surface area contributed by atoms with Gasteiger partial charge in [0.25, 0.3) is 0 Å². The van der Waals surface area contributed by atoms with E-state index in [1.807, 2.05) is 13.8 Å². The minimum Gasteiger partial charge on any atom is -0.393 e. The molecule has 0 saturated carbocycles. The second-order valence-corrected chi connectivity index (χ2v) is 6.92. The minimum absolute atomic E-state index is 0.0992. The van der Waals surface area contributed by atoms with Crippen molar-refractivity contribution in [3.8, 4) is 0 Å². The number of thiocarbonyl (C=S) groups is 1. The Morgan fingerprint density at radius 2 is 1.81 bits per heavy atom. The molecule has 0 aromatic heterocycles. The van der Waals surface area contributed by atoms with Crippen LogP contribution in [-0.2, 0) is 4.79 Å². The molecule has 1 heterocycles. The van der Waals surface area contributed by atoms with E-state index >= 15 is 0 Å². The first kappa shape index (κ1) is 18.3. The first-order valence-electron chi connectivity index (χ1n) is 7.37. The molecule has 6 nitrogen and oxygen atoms in total. The van der Waals surface area contributed by atoms with Gasteiger partial charge < -0.3 is 15.7 Å². The average molecular weight is 316 g/mol. The van der Waals surface area contributed by atoms with E-state index in [2.05, 4.69) is 9.80 Å². The molecule has 1 aliphatic rings. The lowest BCUT2D eigenvalue weighted by Crippen LogP contribution is -2.52. The van der Waals surface area contributed by atoms with Crippen molar-refractivity contribution in [1.29, 1.82) is 0 Å². The molecule has 21 heavy (non-hydrogen) atoms. The average Bonchev–Trinajstić information content (AvgIpc) is 2.36. The number of hydrogen-bond acceptors (Lipinski definition) is 5. The van der Waals surface area contributed by atoms with Crippen LogP contribution in [0.4, 0.5) is 0 Å². The van der Waals surface area contributed by atoms with E-state index in [9.17, 15) is 9.90 Å². The summed E-state index contributed by atoms with van der Waals surface area (Å²) in [5.74, 6) is 0.0992. The maximum absolute atomic E-state index is 12.1. The van der Waals surface area contributed by atoms with Crippen LogP contribution < -0.4 is 5.73 Å². The number of nitrogens with two attached hydrogens (primary N) is 1. The van der Waals surface area contributed by atoms with Crippen molar-refractivity contribution in [1.82, 2.24) is 14.7 Å². The van der Waals surface area contributed by atoms with E-state index in [-0.39, 0.29) is 5.91 Å². The topological polar surface area (TPSA) is 73.0 Å². The van der Waals surface area contributed by atoms with Gasteiger partial charge in [-0.05, 0) is 13.8 Å². The number of nitrogens with zero attached hydrogens (tertiary/aromatic N) is 3. The van der Waals surface area contributed by atoms with E-state index < -0.39 is 5.60 Å². The molecule has 3 N–H and O–H groups in total. The van der Waals surface area contributed by atoms with Gasteiger partial charge >= 0.3 is 0 Å². The summed E-state index contributed by atoms with van der Waals surface area (Å²) in [5.41, 5.74) is 4.78. The lowest BCUT2D eigenvalue weighted by atomic mass is 10.1. The van der Waals surface area contributed by atoms with E-state index in [0.29, 0.717) is 31.0 Å². The van der Waals surface area contributed by atoms with Crippen LogP contribution in [0.2, 0.25) is 0 Å². The number of amides is 1. The van der Waals surface area contributed by atoms with Crippen molar-refractivity contribution in [2.45, 2.75) is 25.9 Å². The summed E-state index contributed by atoms with van der Waals surface area (Å²) in [7, 11) is 1.78. The van der Waals surface area contributed by atoms with Gasteiger partial charge in [-0.1, -0.05) is 12.2 Å². The normalized spacial score (nSPS) is 17.7. The van der Waals surface area contributed by atoms with Crippen molar-refractivity contribution >= 4 is 23.1 Å². The monoisotopic (exact) mass is 316 g/mol. The van der Waals surface area contributed by atoms with Gasteiger partial charge in [-0.15, -0.1) is 0 Å². The van der Waals surface area contributed by atoms with Gasteiger partial charge in [0.2, 0.25) is 5.91 Å². The molecule has 0 aromatic carbocycles. The molecule has 0 atom stereocenters. The first-order valence-corrected chi connectivity index (χ1v) is 7.77. The molecule has 1 amide bonds. The van der Waals surface area contributed by atoms with Crippen LogP contribution in [0.1, 0.15) is 20.3 Å². The molecule has 1 fully saturated rings. The van der Waals surface area contributed by atoms with Gasteiger partial charge in [0.1, 0.15) is 0 Å². The molecular weight excluding hydrogens is 288 g/mol. The highest BCUT2D eigenvalue weighted by atomic mass is 32.1. The predicted octanol–water partition coefficient (Wildman–Crippen LogP) is -0.490. The summed E-state index contributed by atoms with van der Waals surface area (Å²) in [6, 6.07) is 0. The fraction of sp³-hybridized carbons (Fsp3) is 0.857. The highest BCUT2D eigenvalue weighted by molar-refractivity contribution is 7.80. The lowest BCUT2D eigenvalue weighted by Gasteiger charge is -2.37. The van der Waals surface area contributed by atoms with Crippen LogP contribution in [0.15, 0.2) is 0 Å². The molecule has 0 spiro atoms. The largest absolute Gasteiger partial charge is 0.393 e. The Balaban J connectivity index is 2.28. The number of hydrogen-bond donors (Lipinski definition) is 2. The molecule has 1 rings (SSSR count). The third-order valence-corrected chi connectivity index (χ3v) is 3.76. The third-order valence-electron chi connectivity index (χ3n) is 3.55. The Bertz CT molecular complexity index is 362. The summed E-state index contributed by atoms with van der Waals surface area (Å²) in [4.78, 5) is 18.6. The van der Waals surface area contributed by atoms with Crippen molar-refractivity contribution in [2.75, 3.05) is 52.9 Å². The first-order chi connectivity index (χ1) is 9.67. The minimum atomic E-state index is -0.668. The Labute approximate surface area is 132 Å². The van der Waals surface area contributed by atoms with Crippen LogP contribution in [0.3, 0.4) is 0 Å². The van der Waals surface area contributed by atoms with Gasteiger partial charge in [0.15, 0.2) is 0 Å². The summed E-state index contributed by atoms with van der Waals surface area (Å²) in [6.45, 7) is 8.79. The molecule has 7 heteroatoms. The standard InChI is InChI=1S/C14H28N4O2S/c1-14(2,20)11-18-8-6-17(7-9-18)10-13(19)16(3)5-4-12(15)21/h20H,4-11H2,1-3H3,(H2,15,21). The van der Waals surface area contributed by atoms with Crippen molar-refractivity contribution in [2.24, 2.45) is 5.73 Å². The van der Waals surface area contributed by atoms with Gasteiger partial charge in [0, 0.05) is 52.7 Å². The SMILES string of the molecule is CN(CCC(N)=S)C(=O)CN1CCN(CC(C)(C)O)CC1. The van der Waals surface area contributed by atoms with Gasteiger partial charge in [0.05, 0.1) is 17.1 Å². The van der Waals surface area contributed by atoms with E-state index in [4.69, 9.17) is 18.0 Å². The van der Waals surface area contributed by atoms with Crippen LogP contribution in [0.25, 0.3) is 0 Å². The molecule has 1 saturated heterocycles. The number of rotatable bonds is 7.